The number of carbonyl (C=O) groups is 2. The Kier molecular flexibility index (Phi) is 4.18. The van der Waals surface area contributed by atoms with Crippen LogP contribution in [0, 0.1) is 13.8 Å². The molecule has 21 heavy (non-hydrogen) atoms. The number of hydrogen-bond donors (Lipinski definition) is 3. The molecule has 0 saturated carbocycles. The minimum Gasteiger partial charge on any atom is -0.507 e. The van der Waals surface area contributed by atoms with E-state index in [1.807, 2.05) is 0 Å². The Morgan fingerprint density at radius 1 is 1.10 bits per heavy atom. The molecule has 0 aliphatic heterocycles. The molecule has 7 heteroatoms. The van der Waals surface area contributed by atoms with E-state index < -0.39 is 11.8 Å². The van der Waals surface area contributed by atoms with E-state index in [0.717, 1.165) is 0 Å². The third-order valence-corrected chi connectivity index (χ3v) is 3.01. The summed E-state index contributed by atoms with van der Waals surface area (Å²) in [6, 6.07) is 5.60. The molecule has 6 nitrogen and oxygen atoms in total. The molecule has 0 bridgehead atoms. The van der Waals surface area contributed by atoms with Crippen molar-refractivity contribution in [1.29, 1.82) is 0 Å². The fourth-order valence-electron chi connectivity index (χ4n) is 1.79. The molecular weight excluding hydrogens is 296 g/mol. The Hall–Kier alpha value is -2.47. The quantitative estimate of drug-likeness (QED) is 0.743. The Morgan fingerprint density at radius 2 is 1.71 bits per heavy atom. The molecule has 1 heterocycles. The smallest absolute Gasteiger partial charge is 0.273 e. The zero-order valence-electron chi connectivity index (χ0n) is 11.4. The van der Waals surface area contributed by atoms with Gasteiger partial charge in [0.15, 0.2) is 0 Å². The maximum absolute atomic E-state index is 11.9. The topological polar surface area (TPSA) is 91.6 Å². The lowest BCUT2D eigenvalue weighted by Gasteiger charge is -2.08. The SMILES string of the molecule is Cc1cc(C(=O)NNC(=O)c2cc(Cl)ccc2O)c(C)o1. The molecule has 0 radical (unpaired) electrons. The molecule has 0 unspecified atom stereocenters. The zero-order chi connectivity index (χ0) is 15.6. The van der Waals surface area contributed by atoms with Gasteiger partial charge in [-0.1, -0.05) is 11.6 Å². The number of nitrogens with one attached hydrogen (secondary N) is 2. The normalized spacial score (nSPS) is 10.2. The molecule has 0 spiro atoms. The molecule has 0 aliphatic carbocycles. The molecule has 2 amide bonds. The number of aromatic hydroxyl groups is 1. The maximum Gasteiger partial charge on any atom is 0.273 e. The van der Waals surface area contributed by atoms with Gasteiger partial charge in [-0.15, -0.1) is 0 Å². The first-order valence-electron chi connectivity index (χ1n) is 6.04. The first-order chi connectivity index (χ1) is 9.88. The van der Waals surface area contributed by atoms with E-state index in [1.165, 1.54) is 18.2 Å². The molecule has 0 atom stereocenters. The van der Waals surface area contributed by atoms with Crippen molar-refractivity contribution in [2.24, 2.45) is 0 Å². The van der Waals surface area contributed by atoms with Gasteiger partial charge in [-0.25, -0.2) is 0 Å². The van der Waals surface area contributed by atoms with Crippen LogP contribution >= 0.6 is 11.6 Å². The predicted octanol–water partition coefficient (Wildman–Crippen LogP) is 2.33. The summed E-state index contributed by atoms with van der Waals surface area (Å²) in [4.78, 5) is 23.8. The number of benzene rings is 1. The van der Waals surface area contributed by atoms with Gasteiger partial charge >= 0.3 is 0 Å². The van der Waals surface area contributed by atoms with Crippen molar-refractivity contribution in [2.45, 2.75) is 13.8 Å². The lowest BCUT2D eigenvalue weighted by molar-refractivity contribution is 0.0844. The van der Waals surface area contributed by atoms with Crippen LogP contribution in [0.15, 0.2) is 28.7 Å². The van der Waals surface area contributed by atoms with Crippen molar-refractivity contribution in [1.82, 2.24) is 10.9 Å². The third-order valence-electron chi connectivity index (χ3n) is 2.78. The van der Waals surface area contributed by atoms with Gasteiger partial charge in [-0.2, -0.15) is 0 Å². The van der Waals surface area contributed by atoms with Gasteiger partial charge in [0.25, 0.3) is 11.8 Å². The van der Waals surface area contributed by atoms with E-state index in [4.69, 9.17) is 16.0 Å². The highest BCUT2D eigenvalue weighted by atomic mass is 35.5. The van der Waals surface area contributed by atoms with Gasteiger partial charge in [0.1, 0.15) is 17.3 Å². The molecule has 3 N–H and O–H groups in total. The first kappa shape index (κ1) is 14.9. The van der Waals surface area contributed by atoms with Gasteiger partial charge in [-0.3, -0.25) is 20.4 Å². The Labute approximate surface area is 125 Å². The summed E-state index contributed by atoms with van der Waals surface area (Å²) in [7, 11) is 0. The second-order valence-corrected chi connectivity index (χ2v) is 4.83. The second-order valence-electron chi connectivity index (χ2n) is 4.40. The van der Waals surface area contributed by atoms with Crippen LogP contribution in [0.2, 0.25) is 5.02 Å². The fraction of sp³-hybridized carbons (Fsp3) is 0.143. The number of aryl methyl sites for hydroxylation is 2. The largest absolute Gasteiger partial charge is 0.507 e. The number of phenols is 1. The van der Waals surface area contributed by atoms with Crippen LogP contribution < -0.4 is 10.9 Å². The molecule has 0 saturated heterocycles. The van der Waals surface area contributed by atoms with Crippen LogP contribution in [0.5, 0.6) is 5.75 Å². The van der Waals surface area contributed by atoms with Gasteiger partial charge in [0.2, 0.25) is 0 Å². The minimum atomic E-state index is -0.679. The van der Waals surface area contributed by atoms with Crippen molar-refractivity contribution in [3.63, 3.8) is 0 Å². The molecule has 0 fully saturated rings. The van der Waals surface area contributed by atoms with Crippen molar-refractivity contribution in [3.8, 4) is 5.75 Å². The number of rotatable bonds is 2. The number of furan rings is 1. The van der Waals surface area contributed by atoms with Crippen molar-refractivity contribution in [2.75, 3.05) is 0 Å². The van der Waals surface area contributed by atoms with E-state index in [0.29, 0.717) is 22.1 Å². The summed E-state index contributed by atoms with van der Waals surface area (Å²) < 4.78 is 5.23. The van der Waals surface area contributed by atoms with Gasteiger partial charge < -0.3 is 9.52 Å². The highest BCUT2D eigenvalue weighted by Crippen LogP contribution is 2.21. The molecule has 2 rings (SSSR count). The number of hydrazine groups is 1. The fourth-order valence-corrected chi connectivity index (χ4v) is 1.97. The van der Waals surface area contributed by atoms with Crippen LogP contribution in [0.3, 0.4) is 0 Å². The van der Waals surface area contributed by atoms with Crippen LogP contribution in [0.1, 0.15) is 32.2 Å². The monoisotopic (exact) mass is 308 g/mol. The molecule has 1 aromatic carbocycles. The minimum absolute atomic E-state index is 0.0390. The summed E-state index contributed by atoms with van der Waals surface area (Å²) >= 11 is 5.75. The van der Waals surface area contributed by atoms with E-state index in [2.05, 4.69) is 10.9 Å². The molecular formula is C14H13ClN2O4. The number of amides is 2. The lowest BCUT2D eigenvalue weighted by Crippen LogP contribution is -2.41. The first-order valence-corrected chi connectivity index (χ1v) is 6.42. The molecule has 1 aromatic heterocycles. The van der Waals surface area contributed by atoms with E-state index in [-0.39, 0.29) is 11.3 Å². The Morgan fingerprint density at radius 3 is 2.29 bits per heavy atom. The van der Waals surface area contributed by atoms with Crippen LogP contribution in [0.25, 0.3) is 0 Å². The summed E-state index contributed by atoms with van der Waals surface area (Å²) in [5.74, 6) is -0.386. The average molecular weight is 309 g/mol. The third kappa shape index (κ3) is 3.35. The summed E-state index contributed by atoms with van der Waals surface area (Å²) in [6.07, 6.45) is 0. The molecule has 0 aliphatic rings. The summed E-state index contributed by atoms with van der Waals surface area (Å²) in [5, 5.41) is 9.88. The predicted molar refractivity (Wildman–Crippen MR) is 76.2 cm³/mol. The number of halogens is 1. The second kappa shape index (κ2) is 5.88. The highest BCUT2D eigenvalue weighted by molar-refractivity contribution is 6.31. The van der Waals surface area contributed by atoms with Crippen molar-refractivity contribution >= 4 is 23.4 Å². The van der Waals surface area contributed by atoms with Crippen molar-refractivity contribution < 1.29 is 19.1 Å². The maximum atomic E-state index is 11.9. The standard InChI is InChI=1S/C14H13ClN2O4/c1-7-5-10(8(2)21-7)13(19)16-17-14(20)11-6-9(15)3-4-12(11)18/h3-6,18H,1-2H3,(H,16,19)(H,17,20). The van der Waals surface area contributed by atoms with Gasteiger partial charge in [0.05, 0.1) is 11.1 Å². The number of carbonyl (C=O) groups excluding carboxylic acids is 2. The Bertz CT molecular complexity index is 709. The number of hydrogen-bond acceptors (Lipinski definition) is 4. The lowest BCUT2D eigenvalue weighted by atomic mass is 10.2. The zero-order valence-corrected chi connectivity index (χ0v) is 12.1. The average Bonchev–Trinajstić information content (AvgIpc) is 2.77. The Balaban J connectivity index is 2.06. The highest BCUT2D eigenvalue weighted by Gasteiger charge is 2.16. The van der Waals surface area contributed by atoms with Crippen LogP contribution in [0.4, 0.5) is 0 Å². The summed E-state index contributed by atoms with van der Waals surface area (Å²) in [5.41, 5.74) is 4.73. The van der Waals surface area contributed by atoms with E-state index >= 15 is 0 Å². The van der Waals surface area contributed by atoms with Gasteiger partial charge in [0, 0.05) is 5.02 Å². The van der Waals surface area contributed by atoms with Gasteiger partial charge in [-0.05, 0) is 38.1 Å². The van der Waals surface area contributed by atoms with E-state index in [9.17, 15) is 14.7 Å². The molecule has 110 valence electrons. The number of phenolic OH excluding ortho intramolecular Hbond substituents is 1. The molecule has 2 aromatic rings. The van der Waals surface area contributed by atoms with E-state index in [1.54, 1.807) is 19.9 Å². The van der Waals surface area contributed by atoms with Crippen LogP contribution in [-0.2, 0) is 0 Å². The van der Waals surface area contributed by atoms with Crippen molar-refractivity contribution in [3.05, 3.63) is 51.9 Å². The summed E-state index contributed by atoms with van der Waals surface area (Å²) in [6.45, 7) is 3.36. The van der Waals surface area contributed by atoms with Crippen LogP contribution in [-0.4, -0.2) is 16.9 Å².